The second-order valence-corrected chi connectivity index (χ2v) is 11.7. The Hall–Kier alpha value is -5.48. The van der Waals surface area contributed by atoms with Crippen molar-refractivity contribution in [3.8, 4) is 33.9 Å². The summed E-state index contributed by atoms with van der Waals surface area (Å²) in [4.78, 5) is 31.6. The number of aromatic nitrogens is 8. The number of nitrogens with one attached hydrogen (secondary N) is 2. The Balaban J connectivity index is 1.03. The van der Waals surface area contributed by atoms with Crippen LogP contribution < -0.4 is 5.69 Å². The molecule has 45 heavy (non-hydrogen) atoms. The summed E-state index contributed by atoms with van der Waals surface area (Å²) in [5.74, 6) is 1.06. The number of piperidine rings is 1. The van der Waals surface area contributed by atoms with Gasteiger partial charge in [-0.2, -0.15) is 4.80 Å². The van der Waals surface area contributed by atoms with Gasteiger partial charge >= 0.3 is 5.69 Å². The molecule has 10 heteroatoms. The summed E-state index contributed by atoms with van der Waals surface area (Å²) in [5, 5.41) is 12.5. The number of likely N-dealkylation sites (tertiary alicyclic amines) is 1. The van der Waals surface area contributed by atoms with Gasteiger partial charge in [-0.05, 0) is 78.5 Å². The van der Waals surface area contributed by atoms with Crippen LogP contribution in [0.2, 0.25) is 0 Å². The fourth-order valence-corrected chi connectivity index (χ4v) is 6.35. The van der Waals surface area contributed by atoms with E-state index in [1.165, 1.54) is 15.9 Å². The number of H-pyrrole nitrogens is 2. The van der Waals surface area contributed by atoms with Crippen LogP contribution in [0.4, 0.5) is 0 Å². The minimum Gasteiger partial charge on any atom is -0.306 e. The molecule has 10 nitrogen and oxygen atoms in total. The van der Waals surface area contributed by atoms with Crippen LogP contribution in [-0.4, -0.2) is 58.1 Å². The average Bonchev–Trinajstić information content (AvgIpc) is 3.69. The van der Waals surface area contributed by atoms with Gasteiger partial charge in [-0.3, -0.25) is 4.90 Å². The van der Waals surface area contributed by atoms with E-state index in [1.54, 1.807) is 7.05 Å². The van der Waals surface area contributed by atoms with Crippen molar-refractivity contribution in [2.45, 2.75) is 25.3 Å². The number of hydrogen-bond donors (Lipinski definition) is 2. The lowest BCUT2D eigenvalue weighted by Crippen LogP contribution is -2.32. The Kier molecular flexibility index (Phi) is 6.76. The first-order valence-electron chi connectivity index (χ1n) is 15.2. The maximum Gasteiger partial charge on any atom is 0.323 e. The highest BCUT2D eigenvalue weighted by atomic mass is 16.1. The third-order valence-electron chi connectivity index (χ3n) is 8.71. The van der Waals surface area contributed by atoms with Gasteiger partial charge in [0.15, 0.2) is 0 Å². The predicted molar refractivity (Wildman–Crippen MR) is 174 cm³/mol. The first-order valence-corrected chi connectivity index (χ1v) is 15.2. The van der Waals surface area contributed by atoms with Crippen molar-refractivity contribution in [1.82, 2.24) is 45.0 Å². The topological polar surface area (TPSA) is 121 Å². The number of hydrogen-bond acceptors (Lipinski definition) is 7. The highest BCUT2D eigenvalue weighted by Gasteiger charge is 2.22. The molecule has 1 fully saturated rings. The van der Waals surface area contributed by atoms with Crippen LogP contribution in [-0.2, 0) is 13.6 Å². The second-order valence-electron chi connectivity index (χ2n) is 11.7. The van der Waals surface area contributed by atoms with E-state index >= 15 is 0 Å². The van der Waals surface area contributed by atoms with Crippen molar-refractivity contribution >= 4 is 22.1 Å². The van der Waals surface area contributed by atoms with Gasteiger partial charge in [-0.15, -0.1) is 10.2 Å². The lowest BCUT2D eigenvalue weighted by molar-refractivity contribution is 0.204. The molecule has 1 aliphatic rings. The van der Waals surface area contributed by atoms with Gasteiger partial charge in [0.2, 0.25) is 5.82 Å². The van der Waals surface area contributed by atoms with E-state index in [-0.39, 0.29) is 5.69 Å². The van der Waals surface area contributed by atoms with E-state index < -0.39 is 0 Å². The molecule has 0 bridgehead atoms. The number of tetrazole rings is 1. The van der Waals surface area contributed by atoms with Crippen molar-refractivity contribution in [2.24, 2.45) is 7.05 Å². The van der Waals surface area contributed by atoms with E-state index in [0.29, 0.717) is 11.7 Å². The number of benzene rings is 4. The van der Waals surface area contributed by atoms with Gasteiger partial charge in [0.1, 0.15) is 0 Å². The molecule has 7 aromatic rings. The smallest absolute Gasteiger partial charge is 0.306 e. The van der Waals surface area contributed by atoms with Crippen LogP contribution in [0.5, 0.6) is 0 Å². The van der Waals surface area contributed by atoms with E-state index in [4.69, 9.17) is 9.97 Å². The lowest BCUT2D eigenvalue weighted by atomic mass is 9.89. The maximum absolute atomic E-state index is 11.7. The molecule has 222 valence electrons. The van der Waals surface area contributed by atoms with E-state index in [2.05, 4.69) is 78.8 Å². The molecule has 4 heterocycles. The molecule has 0 amide bonds. The summed E-state index contributed by atoms with van der Waals surface area (Å²) in [7, 11) is 1.75. The van der Waals surface area contributed by atoms with E-state index in [0.717, 1.165) is 82.6 Å². The summed E-state index contributed by atoms with van der Waals surface area (Å²) >= 11 is 0. The van der Waals surface area contributed by atoms with Crippen LogP contribution in [0.1, 0.15) is 29.9 Å². The van der Waals surface area contributed by atoms with Gasteiger partial charge in [-0.1, -0.05) is 60.7 Å². The predicted octanol–water partition coefficient (Wildman–Crippen LogP) is 5.70. The van der Waals surface area contributed by atoms with E-state index in [1.807, 2.05) is 42.5 Å². The highest BCUT2D eigenvalue weighted by molar-refractivity contribution is 5.88. The summed E-state index contributed by atoms with van der Waals surface area (Å²) in [6.45, 7) is 2.97. The second kappa shape index (κ2) is 11.2. The number of fused-ring (bicyclic) bond motifs is 2. The molecule has 0 radical (unpaired) electrons. The summed E-state index contributed by atoms with van der Waals surface area (Å²) in [6.07, 6.45) is 2.19. The molecule has 0 atom stereocenters. The van der Waals surface area contributed by atoms with Gasteiger partial charge in [-0.25, -0.2) is 14.8 Å². The summed E-state index contributed by atoms with van der Waals surface area (Å²) in [5.41, 5.74) is 10.3. The lowest BCUT2D eigenvalue weighted by Gasteiger charge is -2.32. The minimum absolute atomic E-state index is 0.156. The zero-order valence-electron chi connectivity index (χ0n) is 24.8. The SMILES string of the molecule is Cn1nnc(-c2ccc3nc(-c4ccccc4)c(-c4ccc(CN5CCC(c6ccc7[nH]c(=O)[nH]c7c6)CC5)cc4)nc3c2)n1. The third-order valence-corrected chi connectivity index (χ3v) is 8.71. The Morgan fingerprint density at radius 3 is 2.22 bits per heavy atom. The molecule has 0 unspecified atom stereocenters. The molecule has 3 aromatic heterocycles. The molecule has 0 spiro atoms. The molecule has 1 aliphatic heterocycles. The van der Waals surface area contributed by atoms with Gasteiger partial charge in [0.05, 0.1) is 40.5 Å². The fraction of sp³-hybridized carbons (Fsp3) is 0.200. The number of aryl methyl sites for hydroxylation is 1. The van der Waals surface area contributed by atoms with Crippen LogP contribution in [0.15, 0.2) is 95.8 Å². The molecular weight excluding hydrogens is 562 g/mol. The monoisotopic (exact) mass is 593 g/mol. The van der Waals surface area contributed by atoms with Crippen molar-refractivity contribution in [3.63, 3.8) is 0 Å². The zero-order valence-corrected chi connectivity index (χ0v) is 24.8. The Labute approximate surface area is 258 Å². The molecule has 4 aromatic carbocycles. The molecular formula is C35H31N9O. The van der Waals surface area contributed by atoms with Gasteiger partial charge in [0, 0.05) is 23.2 Å². The Morgan fingerprint density at radius 2 is 1.47 bits per heavy atom. The normalized spacial score (nSPS) is 14.4. The first-order chi connectivity index (χ1) is 22.1. The molecule has 1 saturated heterocycles. The van der Waals surface area contributed by atoms with Gasteiger partial charge < -0.3 is 9.97 Å². The van der Waals surface area contributed by atoms with Crippen molar-refractivity contribution in [2.75, 3.05) is 13.1 Å². The third kappa shape index (κ3) is 5.40. The molecule has 0 aliphatic carbocycles. The Morgan fingerprint density at radius 1 is 0.756 bits per heavy atom. The zero-order chi connectivity index (χ0) is 30.3. The van der Waals surface area contributed by atoms with Crippen molar-refractivity contribution in [3.05, 3.63) is 113 Å². The summed E-state index contributed by atoms with van der Waals surface area (Å²) < 4.78 is 0. The number of nitrogens with zero attached hydrogens (tertiary/aromatic N) is 7. The minimum atomic E-state index is -0.156. The van der Waals surface area contributed by atoms with E-state index in [9.17, 15) is 4.79 Å². The van der Waals surface area contributed by atoms with Gasteiger partial charge in [0.25, 0.3) is 0 Å². The van der Waals surface area contributed by atoms with Crippen LogP contribution in [0.3, 0.4) is 0 Å². The fourth-order valence-electron chi connectivity index (χ4n) is 6.35. The number of imidazole rings is 1. The number of aromatic amines is 2. The van der Waals surface area contributed by atoms with Crippen LogP contribution >= 0.6 is 0 Å². The first kappa shape index (κ1) is 27.1. The largest absolute Gasteiger partial charge is 0.323 e. The standard InChI is InChI=1S/C35H31N9O/c1-43-41-34(40-42-43)27-12-14-28-30(20-27)37-33(32(36-28)24-5-3-2-4-6-24)25-9-7-22(8-10-25)21-44-17-15-23(16-18-44)26-11-13-29-31(19-26)39-35(45)38-29/h2-14,19-20,23H,15-18,21H2,1H3,(H2,38,39,45). The van der Waals surface area contributed by atoms with Crippen molar-refractivity contribution in [1.29, 1.82) is 0 Å². The van der Waals surface area contributed by atoms with Crippen LogP contribution in [0.25, 0.3) is 56.0 Å². The molecule has 2 N–H and O–H groups in total. The molecule has 0 saturated carbocycles. The van der Waals surface area contributed by atoms with Crippen molar-refractivity contribution < 1.29 is 0 Å². The highest BCUT2D eigenvalue weighted by Crippen LogP contribution is 2.33. The molecule has 8 rings (SSSR count). The average molecular weight is 594 g/mol. The number of rotatable bonds is 6. The van der Waals surface area contributed by atoms with Crippen LogP contribution in [0, 0.1) is 0 Å². The maximum atomic E-state index is 11.7. The summed E-state index contributed by atoms with van der Waals surface area (Å²) in [6, 6.07) is 31.1. The Bertz CT molecular complexity index is 2190. The quantitative estimate of drug-likeness (QED) is 0.254.